The molecule has 2 aliphatic rings. The third-order valence-electron chi connectivity index (χ3n) is 5.59. The number of amides is 1. The predicted octanol–water partition coefficient (Wildman–Crippen LogP) is 3.68. The molecule has 2 aliphatic carbocycles. The number of carbonyl (C=O) groups is 2. The molecule has 2 saturated carbocycles. The molecule has 1 aromatic carbocycles. The maximum atomic E-state index is 12.5. The fourth-order valence-corrected chi connectivity index (χ4v) is 3.65. The van der Waals surface area contributed by atoms with Gasteiger partial charge in [0.25, 0.3) is 0 Å². The number of hydrogen-bond donors (Lipinski definition) is 2. The third kappa shape index (κ3) is 3.57. The lowest BCUT2D eigenvalue weighted by molar-refractivity contribution is -0.157. The predicted molar refractivity (Wildman–Crippen MR) is 87.8 cm³/mol. The van der Waals surface area contributed by atoms with E-state index in [9.17, 15) is 14.7 Å². The fourth-order valence-electron chi connectivity index (χ4n) is 3.65. The second-order valence-corrected chi connectivity index (χ2v) is 7.18. The maximum absolute atomic E-state index is 12.5. The SMILES string of the molecule is O=C(CC1(C(=O)O)CCC1)NC(CC1CCC1)c1ccccc1. The first-order valence-corrected chi connectivity index (χ1v) is 8.67. The standard InChI is InChI=1S/C19H25NO3/c21-17(13-19(18(22)23)10-5-11-19)20-16(12-14-6-4-7-14)15-8-2-1-3-9-15/h1-3,8-9,14,16H,4-7,10-13H2,(H,20,21)(H,22,23). The molecule has 1 aromatic rings. The normalized spacial score (nSPS) is 20.9. The van der Waals surface area contributed by atoms with E-state index in [1.165, 1.54) is 19.3 Å². The van der Waals surface area contributed by atoms with Crippen LogP contribution >= 0.6 is 0 Å². The molecule has 2 N–H and O–H groups in total. The molecule has 1 unspecified atom stereocenters. The van der Waals surface area contributed by atoms with Crippen molar-refractivity contribution in [3.63, 3.8) is 0 Å². The molecule has 0 spiro atoms. The number of rotatable bonds is 7. The molecule has 0 radical (unpaired) electrons. The highest BCUT2D eigenvalue weighted by molar-refractivity contribution is 5.85. The van der Waals surface area contributed by atoms with Crippen molar-refractivity contribution in [3.8, 4) is 0 Å². The lowest BCUT2D eigenvalue weighted by Gasteiger charge is -2.37. The average Bonchev–Trinajstić information content (AvgIpc) is 2.46. The summed E-state index contributed by atoms with van der Waals surface area (Å²) in [5.74, 6) is -0.271. The van der Waals surface area contributed by atoms with Crippen LogP contribution in [0.3, 0.4) is 0 Å². The van der Waals surface area contributed by atoms with Gasteiger partial charge in [0, 0.05) is 6.42 Å². The molecule has 0 bridgehead atoms. The van der Waals surface area contributed by atoms with Crippen molar-refractivity contribution in [3.05, 3.63) is 35.9 Å². The molecule has 2 fully saturated rings. The summed E-state index contributed by atoms with van der Waals surface area (Å²) in [5.41, 5.74) is 0.299. The zero-order valence-corrected chi connectivity index (χ0v) is 13.5. The van der Waals surface area contributed by atoms with E-state index in [2.05, 4.69) is 5.32 Å². The molecule has 3 rings (SSSR count). The molecule has 1 atom stereocenters. The molecule has 23 heavy (non-hydrogen) atoms. The molecule has 0 heterocycles. The lowest BCUT2D eigenvalue weighted by atomic mass is 9.66. The topological polar surface area (TPSA) is 66.4 Å². The highest BCUT2D eigenvalue weighted by Crippen LogP contribution is 2.44. The van der Waals surface area contributed by atoms with Gasteiger partial charge >= 0.3 is 5.97 Å². The van der Waals surface area contributed by atoms with Gasteiger partial charge in [0.1, 0.15) is 0 Å². The summed E-state index contributed by atoms with van der Waals surface area (Å²) in [6.07, 6.45) is 6.96. The summed E-state index contributed by atoms with van der Waals surface area (Å²) in [4.78, 5) is 23.9. The molecule has 4 heteroatoms. The molecular formula is C19H25NO3. The van der Waals surface area contributed by atoms with Crippen LogP contribution in [0.4, 0.5) is 0 Å². The third-order valence-corrected chi connectivity index (χ3v) is 5.59. The Bertz CT molecular complexity index is 561. The van der Waals surface area contributed by atoms with Crippen LogP contribution in [0.5, 0.6) is 0 Å². The molecule has 1 amide bonds. The minimum absolute atomic E-state index is 0.0000728. The van der Waals surface area contributed by atoms with Crippen LogP contribution in [-0.4, -0.2) is 17.0 Å². The molecular weight excluding hydrogens is 290 g/mol. The quantitative estimate of drug-likeness (QED) is 0.806. The van der Waals surface area contributed by atoms with Gasteiger partial charge in [-0.2, -0.15) is 0 Å². The Hall–Kier alpha value is -1.84. The van der Waals surface area contributed by atoms with E-state index in [1.807, 2.05) is 30.3 Å². The Morgan fingerprint density at radius 3 is 2.35 bits per heavy atom. The second-order valence-electron chi connectivity index (χ2n) is 7.18. The van der Waals surface area contributed by atoms with Crippen LogP contribution in [0.1, 0.15) is 63.0 Å². The number of carbonyl (C=O) groups excluding carboxylic acids is 1. The summed E-state index contributed by atoms with van der Waals surface area (Å²) in [6.45, 7) is 0. The highest BCUT2D eigenvalue weighted by Gasteiger charge is 2.46. The average molecular weight is 315 g/mol. The maximum Gasteiger partial charge on any atom is 0.310 e. The van der Waals surface area contributed by atoms with Crippen LogP contribution in [0, 0.1) is 11.3 Å². The van der Waals surface area contributed by atoms with Gasteiger partial charge in [0.05, 0.1) is 11.5 Å². The van der Waals surface area contributed by atoms with E-state index in [1.54, 1.807) is 0 Å². The van der Waals surface area contributed by atoms with Crippen molar-refractivity contribution in [2.45, 2.75) is 57.4 Å². The number of carboxylic acid groups (broad SMARTS) is 1. The Labute approximate surface area is 137 Å². The van der Waals surface area contributed by atoms with E-state index in [4.69, 9.17) is 0 Å². The lowest BCUT2D eigenvalue weighted by Crippen LogP contribution is -2.43. The van der Waals surface area contributed by atoms with Gasteiger partial charge in [0.2, 0.25) is 5.91 Å². The van der Waals surface area contributed by atoms with Crippen molar-refractivity contribution in [1.29, 1.82) is 0 Å². The van der Waals surface area contributed by atoms with Crippen molar-refractivity contribution in [1.82, 2.24) is 5.32 Å². The van der Waals surface area contributed by atoms with Gasteiger partial charge in [-0.05, 0) is 30.7 Å². The number of nitrogens with one attached hydrogen (secondary N) is 1. The number of aliphatic carboxylic acids is 1. The van der Waals surface area contributed by atoms with Crippen LogP contribution in [-0.2, 0) is 9.59 Å². The summed E-state index contributed by atoms with van der Waals surface area (Å²) in [6, 6.07) is 10.0. The Kier molecular flexibility index (Phi) is 4.69. The Morgan fingerprint density at radius 1 is 1.17 bits per heavy atom. The first kappa shape index (κ1) is 16.0. The number of benzene rings is 1. The minimum atomic E-state index is -0.825. The summed E-state index contributed by atoms with van der Waals surface area (Å²) >= 11 is 0. The van der Waals surface area contributed by atoms with Crippen molar-refractivity contribution >= 4 is 11.9 Å². The summed E-state index contributed by atoms with van der Waals surface area (Å²) in [7, 11) is 0. The highest BCUT2D eigenvalue weighted by atomic mass is 16.4. The van der Waals surface area contributed by atoms with Gasteiger partial charge in [-0.15, -0.1) is 0 Å². The molecule has 0 aromatic heterocycles. The van der Waals surface area contributed by atoms with E-state index >= 15 is 0 Å². The van der Waals surface area contributed by atoms with Crippen LogP contribution < -0.4 is 5.32 Å². The van der Waals surface area contributed by atoms with Crippen LogP contribution in [0.25, 0.3) is 0 Å². The first-order chi connectivity index (χ1) is 11.1. The number of carboxylic acids is 1. The molecule has 4 nitrogen and oxygen atoms in total. The minimum Gasteiger partial charge on any atom is -0.481 e. The van der Waals surface area contributed by atoms with E-state index < -0.39 is 11.4 Å². The fraction of sp³-hybridized carbons (Fsp3) is 0.579. The van der Waals surface area contributed by atoms with Gasteiger partial charge < -0.3 is 10.4 Å². The monoisotopic (exact) mass is 315 g/mol. The molecule has 0 aliphatic heterocycles. The smallest absolute Gasteiger partial charge is 0.310 e. The summed E-state index contributed by atoms with van der Waals surface area (Å²) < 4.78 is 0. The van der Waals surface area contributed by atoms with E-state index in [0.717, 1.165) is 18.4 Å². The Morgan fingerprint density at radius 2 is 1.87 bits per heavy atom. The van der Waals surface area contributed by atoms with Gasteiger partial charge in [0.15, 0.2) is 0 Å². The first-order valence-electron chi connectivity index (χ1n) is 8.67. The van der Waals surface area contributed by atoms with Gasteiger partial charge in [-0.1, -0.05) is 56.0 Å². The molecule has 124 valence electrons. The van der Waals surface area contributed by atoms with Crippen LogP contribution in [0.2, 0.25) is 0 Å². The largest absolute Gasteiger partial charge is 0.481 e. The zero-order valence-electron chi connectivity index (χ0n) is 13.5. The Balaban J connectivity index is 1.65. The molecule has 0 saturated heterocycles. The second kappa shape index (κ2) is 6.73. The van der Waals surface area contributed by atoms with Gasteiger partial charge in [-0.3, -0.25) is 9.59 Å². The summed E-state index contributed by atoms with van der Waals surface area (Å²) in [5, 5.41) is 12.5. The zero-order chi connectivity index (χ0) is 16.3. The van der Waals surface area contributed by atoms with Crippen molar-refractivity contribution in [2.75, 3.05) is 0 Å². The van der Waals surface area contributed by atoms with Crippen molar-refractivity contribution < 1.29 is 14.7 Å². The van der Waals surface area contributed by atoms with Crippen molar-refractivity contribution in [2.24, 2.45) is 11.3 Å². The number of hydrogen-bond acceptors (Lipinski definition) is 2. The van der Waals surface area contributed by atoms with Gasteiger partial charge in [-0.25, -0.2) is 0 Å². The van der Waals surface area contributed by atoms with E-state index in [0.29, 0.717) is 18.8 Å². The van der Waals surface area contributed by atoms with E-state index in [-0.39, 0.29) is 18.4 Å². The van der Waals surface area contributed by atoms with Crippen LogP contribution in [0.15, 0.2) is 30.3 Å².